The fourth-order valence-corrected chi connectivity index (χ4v) is 4.60. The van der Waals surface area contributed by atoms with E-state index < -0.39 is 34.2 Å². The molecule has 0 radical (unpaired) electrons. The first-order valence-electron chi connectivity index (χ1n) is 10.2. The molecule has 0 fully saturated rings. The summed E-state index contributed by atoms with van der Waals surface area (Å²) >= 11 is 5.86. The van der Waals surface area contributed by atoms with Gasteiger partial charge in [-0.25, -0.2) is 13.8 Å². The summed E-state index contributed by atoms with van der Waals surface area (Å²) in [6, 6.07) is 16.2. The van der Waals surface area contributed by atoms with Crippen molar-refractivity contribution >= 4 is 38.9 Å². The molecule has 3 rings (SSSR count). The van der Waals surface area contributed by atoms with Crippen molar-refractivity contribution in [2.75, 3.05) is 10.8 Å². The molecule has 0 aliphatic carbocycles. The SMILES string of the molecule is C/C(=N/NC(=O)CN(c1cccc(C(F)(F)F)c1)S(=O)(=O)c1ccc(C)cc1)c1ccc(Cl)cc1. The summed E-state index contributed by atoms with van der Waals surface area (Å²) in [4.78, 5) is 12.5. The molecule has 0 unspecified atom stereocenters. The van der Waals surface area contributed by atoms with Gasteiger partial charge in [0, 0.05) is 5.02 Å². The van der Waals surface area contributed by atoms with E-state index >= 15 is 0 Å². The molecule has 1 N–H and O–H groups in total. The number of hydrazone groups is 1. The van der Waals surface area contributed by atoms with E-state index in [-0.39, 0.29) is 10.6 Å². The zero-order valence-electron chi connectivity index (χ0n) is 18.7. The fraction of sp³-hybridized carbons (Fsp3) is 0.167. The largest absolute Gasteiger partial charge is 0.416 e. The van der Waals surface area contributed by atoms with Crippen molar-refractivity contribution in [1.82, 2.24) is 5.43 Å². The van der Waals surface area contributed by atoms with E-state index in [0.717, 1.165) is 17.7 Å². The number of carbonyl (C=O) groups is 1. The summed E-state index contributed by atoms with van der Waals surface area (Å²) in [5, 5.41) is 4.48. The van der Waals surface area contributed by atoms with Crippen LogP contribution in [0.5, 0.6) is 0 Å². The Morgan fingerprint density at radius 3 is 2.26 bits per heavy atom. The highest BCUT2D eigenvalue weighted by Crippen LogP contribution is 2.33. The number of halogens is 4. The third kappa shape index (κ3) is 6.61. The van der Waals surface area contributed by atoms with E-state index in [1.54, 1.807) is 50.2 Å². The van der Waals surface area contributed by atoms with Gasteiger partial charge in [-0.05, 0) is 61.9 Å². The fourth-order valence-electron chi connectivity index (χ4n) is 3.06. The minimum Gasteiger partial charge on any atom is -0.271 e. The van der Waals surface area contributed by atoms with Crippen LogP contribution >= 0.6 is 11.6 Å². The van der Waals surface area contributed by atoms with Crippen LogP contribution in [0, 0.1) is 6.92 Å². The summed E-state index contributed by atoms with van der Waals surface area (Å²) in [6.45, 7) is 2.58. The Morgan fingerprint density at radius 1 is 1.03 bits per heavy atom. The first-order valence-corrected chi connectivity index (χ1v) is 12.1. The van der Waals surface area contributed by atoms with Crippen LogP contribution in [0.1, 0.15) is 23.6 Å². The lowest BCUT2D eigenvalue weighted by Crippen LogP contribution is -2.40. The number of aryl methyl sites for hydroxylation is 1. The van der Waals surface area contributed by atoms with Crippen LogP contribution in [0.2, 0.25) is 5.02 Å². The van der Waals surface area contributed by atoms with Gasteiger partial charge in [-0.15, -0.1) is 0 Å². The van der Waals surface area contributed by atoms with Crippen molar-refractivity contribution in [2.24, 2.45) is 5.10 Å². The zero-order chi connectivity index (χ0) is 25.8. The van der Waals surface area contributed by atoms with Gasteiger partial charge in [0.2, 0.25) is 0 Å². The van der Waals surface area contributed by atoms with E-state index in [2.05, 4.69) is 10.5 Å². The molecular formula is C24H21ClF3N3O3S. The molecular weight excluding hydrogens is 503 g/mol. The second-order valence-corrected chi connectivity index (χ2v) is 9.91. The molecule has 6 nitrogen and oxygen atoms in total. The van der Waals surface area contributed by atoms with Crippen molar-refractivity contribution < 1.29 is 26.4 Å². The lowest BCUT2D eigenvalue weighted by Gasteiger charge is -2.24. The van der Waals surface area contributed by atoms with Crippen molar-refractivity contribution in [1.29, 1.82) is 0 Å². The molecule has 0 spiro atoms. The number of benzene rings is 3. The smallest absolute Gasteiger partial charge is 0.271 e. The maximum Gasteiger partial charge on any atom is 0.416 e. The zero-order valence-corrected chi connectivity index (χ0v) is 20.2. The highest BCUT2D eigenvalue weighted by molar-refractivity contribution is 7.92. The van der Waals surface area contributed by atoms with Crippen LogP contribution < -0.4 is 9.73 Å². The molecule has 0 atom stereocenters. The van der Waals surface area contributed by atoms with Gasteiger partial charge < -0.3 is 0 Å². The molecule has 0 aliphatic heterocycles. The summed E-state index contributed by atoms with van der Waals surface area (Å²) in [5.74, 6) is -0.841. The molecule has 0 saturated carbocycles. The summed E-state index contributed by atoms with van der Waals surface area (Å²) in [7, 11) is -4.38. The minimum atomic E-state index is -4.70. The summed E-state index contributed by atoms with van der Waals surface area (Å²) in [5.41, 5.74) is 2.78. The van der Waals surface area contributed by atoms with Gasteiger partial charge in [0.25, 0.3) is 15.9 Å². The summed E-state index contributed by atoms with van der Waals surface area (Å²) < 4.78 is 67.2. The predicted octanol–water partition coefficient (Wildman–Crippen LogP) is 5.40. The lowest BCUT2D eigenvalue weighted by atomic mass is 10.1. The average molecular weight is 524 g/mol. The Balaban J connectivity index is 1.94. The molecule has 3 aromatic rings. The standard InChI is InChI=1S/C24H21ClF3N3O3S/c1-16-6-12-22(13-7-16)35(33,34)31(21-5-3-4-19(14-21)24(26,27)28)15-23(32)30-29-17(2)18-8-10-20(25)11-9-18/h3-14H,15H2,1-2H3,(H,30,32)/b29-17-. The first kappa shape index (κ1) is 26.2. The van der Waals surface area contributed by atoms with Gasteiger partial charge >= 0.3 is 6.18 Å². The number of hydrogen-bond donors (Lipinski definition) is 1. The summed E-state index contributed by atoms with van der Waals surface area (Å²) in [6.07, 6.45) is -4.70. The Bertz CT molecular complexity index is 1340. The second kappa shape index (κ2) is 10.5. The molecule has 0 heterocycles. The van der Waals surface area contributed by atoms with Crippen LogP contribution in [0.25, 0.3) is 0 Å². The number of nitrogens with one attached hydrogen (secondary N) is 1. The van der Waals surface area contributed by atoms with Crippen molar-refractivity contribution in [2.45, 2.75) is 24.9 Å². The number of amides is 1. The van der Waals surface area contributed by atoms with E-state index in [1.165, 1.54) is 18.2 Å². The molecule has 11 heteroatoms. The Hall–Kier alpha value is -3.37. The third-order valence-electron chi connectivity index (χ3n) is 4.97. The molecule has 0 aromatic heterocycles. The van der Waals surface area contributed by atoms with Gasteiger partial charge in [0.05, 0.1) is 21.9 Å². The van der Waals surface area contributed by atoms with Crippen LogP contribution in [0.3, 0.4) is 0 Å². The van der Waals surface area contributed by atoms with Crippen molar-refractivity contribution in [3.63, 3.8) is 0 Å². The Kier molecular flexibility index (Phi) is 7.86. The van der Waals surface area contributed by atoms with E-state index in [9.17, 15) is 26.4 Å². The number of nitrogens with zero attached hydrogens (tertiary/aromatic N) is 2. The number of alkyl halides is 3. The molecule has 0 saturated heterocycles. The van der Waals surface area contributed by atoms with Gasteiger partial charge in [0.1, 0.15) is 6.54 Å². The topological polar surface area (TPSA) is 78.8 Å². The van der Waals surface area contributed by atoms with Gasteiger partial charge in [-0.2, -0.15) is 18.3 Å². The first-order chi connectivity index (χ1) is 16.4. The van der Waals surface area contributed by atoms with Crippen molar-refractivity contribution in [3.05, 3.63) is 94.5 Å². The van der Waals surface area contributed by atoms with Crippen LogP contribution in [-0.4, -0.2) is 26.6 Å². The second-order valence-electron chi connectivity index (χ2n) is 7.61. The lowest BCUT2D eigenvalue weighted by molar-refractivity contribution is -0.137. The van der Waals surface area contributed by atoms with Crippen molar-refractivity contribution in [3.8, 4) is 0 Å². The Morgan fingerprint density at radius 2 is 1.66 bits per heavy atom. The minimum absolute atomic E-state index is 0.172. The predicted molar refractivity (Wildman–Crippen MR) is 129 cm³/mol. The van der Waals surface area contributed by atoms with E-state index in [0.29, 0.717) is 26.7 Å². The van der Waals surface area contributed by atoms with Gasteiger partial charge in [-0.3, -0.25) is 9.10 Å². The van der Waals surface area contributed by atoms with Gasteiger partial charge in [-0.1, -0.05) is 47.5 Å². The maximum absolute atomic E-state index is 13.3. The Labute approximate surface area is 206 Å². The van der Waals surface area contributed by atoms with Crippen LogP contribution in [-0.2, 0) is 21.0 Å². The number of anilines is 1. The normalized spacial score (nSPS) is 12.3. The average Bonchev–Trinajstić information content (AvgIpc) is 2.81. The molecule has 184 valence electrons. The molecule has 3 aromatic carbocycles. The molecule has 0 aliphatic rings. The number of rotatable bonds is 7. The van der Waals surface area contributed by atoms with E-state index in [4.69, 9.17) is 11.6 Å². The number of sulfonamides is 1. The monoisotopic (exact) mass is 523 g/mol. The van der Waals surface area contributed by atoms with E-state index in [1.807, 2.05) is 0 Å². The highest BCUT2D eigenvalue weighted by atomic mass is 35.5. The molecule has 35 heavy (non-hydrogen) atoms. The molecule has 1 amide bonds. The third-order valence-corrected chi connectivity index (χ3v) is 7.01. The molecule has 0 bridgehead atoms. The van der Waals surface area contributed by atoms with Crippen LogP contribution in [0.15, 0.2) is 82.8 Å². The number of hydrogen-bond acceptors (Lipinski definition) is 4. The quantitative estimate of drug-likeness (QED) is 0.332. The highest BCUT2D eigenvalue weighted by Gasteiger charge is 2.33. The van der Waals surface area contributed by atoms with Gasteiger partial charge in [0.15, 0.2) is 0 Å². The maximum atomic E-state index is 13.3. The van der Waals surface area contributed by atoms with Crippen LogP contribution in [0.4, 0.5) is 18.9 Å². The number of carbonyl (C=O) groups excluding carboxylic acids is 1.